The highest BCUT2D eigenvalue weighted by molar-refractivity contribution is 9.10. The van der Waals surface area contributed by atoms with E-state index in [-0.39, 0.29) is 0 Å². The summed E-state index contributed by atoms with van der Waals surface area (Å²) in [5.74, 6) is 0. The van der Waals surface area contributed by atoms with Crippen molar-refractivity contribution < 1.29 is 0 Å². The Kier molecular flexibility index (Phi) is 3.64. The summed E-state index contributed by atoms with van der Waals surface area (Å²) in [6.45, 7) is 2.74. The molecule has 0 unspecified atom stereocenters. The molecule has 0 atom stereocenters. The number of aryl methyl sites for hydroxylation is 1. The van der Waals surface area contributed by atoms with Crippen LogP contribution in [0.4, 0.5) is 0 Å². The summed E-state index contributed by atoms with van der Waals surface area (Å²) in [4.78, 5) is 0. The average Bonchev–Trinajstić information content (AvgIpc) is 2.55. The van der Waals surface area contributed by atoms with E-state index >= 15 is 0 Å². The van der Waals surface area contributed by atoms with Crippen LogP contribution in [0.2, 0.25) is 0 Å². The van der Waals surface area contributed by atoms with Gasteiger partial charge in [0.1, 0.15) is 0 Å². The van der Waals surface area contributed by atoms with Crippen molar-refractivity contribution in [3.05, 3.63) is 40.0 Å². The topological polar surface area (TPSA) is 43.8 Å². The fourth-order valence-electron chi connectivity index (χ4n) is 2.10. The SMILES string of the molecule is Cc1c(CCN)nn(C)c1-c1cccc(Br)c1. The lowest BCUT2D eigenvalue weighted by atomic mass is 10.1. The molecule has 0 fully saturated rings. The molecule has 0 amide bonds. The van der Waals surface area contributed by atoms with Gasteiger partial charge in [-0.3, -0.25) is 4.68 Å². The Hall–Kier alpha value is -1.13. The molecule has 0 radical (unpaired) electrons. The summed E-state index contributed by atoms with van der Waals surface area (Å²) in [5.41, 5.74) is 10.2. The van der Waals surface area contributed by atoms with Crippen molar-refractivity contribution in [2.75, 3.05) is 6.54 Å². The van der Waals surface area contributed by atoms with Gasteiger partial charge in [0.05, 0.1) is 11.4 Å². The van der Waals surface area contributed by atoms with Crippen LogP contribution in [-0.4, -0.2) is 16.3 Å². The van der Waals surface area contributed by atoms with E-state index in [1.165, 1.54) is 11.1 Å². The van der Waals surface area contributed by atoms with Gasteiger partial charge in [-0.05, 0) is 31.2 Å². The molecular weight excluding hydrogens is 278 g/mol. The van der Waals surface area contributed by atoms with Gasteiger partial charge < -0.3 is 5.73 Å². The van der Waals surface area contributed by atoms with Gasteiger partial charge >= 0.3 is 0 Å². The minimum atomic E-state index is 0.635. The molecule has 2 N–H and O–H groups in total. The smallest absolute Gasteiger partial charge is 0.0711 e. The third-order valence-electron chi connectivity index (χ3n) is 2.86. The summed E-state index contributed by atoms with van der Waals surface area (Å²) in [6.07, 6.45) is 0.827. The zero-order valence-electron chi connectivity index (χ0n) is 10.1. The number of hydrogen-bond acceptors (Lipinski definition) is 2. The molecule has 2 rings (SSSR count). The van der Waals surface area contributed by atoms with E-state index in [9.17, 15) is 0 Å². The quantitative estimate of drug-likeness (QED) is 0.945. The van der Waals surface area contributed by atoms with Crippen LogP contribution in [0.25, 0.3) is 11.3 Å². The minimum Gasteiger partial charge on any atom is -0.330 e. The van der Waals surface area contributed by atoms with Crippen molar-refractivity contribution in [1.82, 2.24) is 9.78 Å². The third kappa shape index (κ3) is 2.42. The minimum absolute atomic E-state index is 0.635. The maximum Gasteiger partial charge on any atom is 0.0711 e. The second-order valence-electron chi connectivity index (χ2n) is 4.09. The van der Waals surface area contributed by atoms with Crippen molar-refractivity contribution in [2.24, 2.45) is 12.8 Å². The molecule has 0 saturated carbocycles. The lowest BCUT2D eigenvalue weighted by Gasteiger charge is -2.04. The first-order chi connectivity index (χ1) is 8.13. The molecule has 0 spiro atoms. The first-order valence-electron chi connectivity index (χ1n) is 5.62. The molecule has 4 heteroatoms. The molecule has 90 valence electrons. The first-order valence-corrected chi connectivity index (χ1v) is 6.41. The van der Waals surface area contributed by atoms with Gasteiger partial charge in [0.25, 0.3) is 0 Å². The van der Waals surface area contributed by atoms with Gasteiger partial charge in [-0.15, -0.1) is 0 Å². The van der Waals surface area contributed by atoms with Crippen molar-refractivity contribution in [2.45, 2.75) is 13.3 Å². The molecule has 0 aliphatic rings. The van der Waals surface area contributed by atoms with Crippen LogP contribution in [0.15, 0.2) is 28.7 Å². The van der Waals surface area contributed by atoms with E-state index in [2.05, 4.69) is 40.1 Å². The standard InChI is InChI=1S/C13H16BrN3/c1-9-12(6-7-15)16-17(2)13(9)10-4-3-5-11(14)8-10/h3-5,8H,6-7,15H2,1-2H3. The Morgan fingerprint density at radius 2 is 2.18 bits per heavy atom. The maximum atomic E-state index is 5.59. The highest BCUT2D eigenvalue weighted by Gasteiger charge is 2.13. The molecule has 1 aromatic carbocycles. The van der Waals surface area contributed by atoms with Crippen LogP contribution >= 0.6 is 15.9 Å². The summed E-state index contributed by atoms with van der Waals surface area (Å²) in [7, 11) is 1.98. The number of rotatable bonds is 3. The maximum absolute atomic E-state index is 5.59. The third-order valence-corrected chi connectivity index (χ3v) is 3.35. The van der Waals surface area contributed by atoms with Gasteiger partial charge in [-0.25, -0.2) is 0 Å². The van der Waals surface area contributed by atoms with E-state index in [4.69, 9.17) is 5.73 Å². The molecule has 0 saturated heterocycles. The van der Waals surface area contributed by atoms with Gasteiger partial charge in [0.15, 0.2) is 0 Å². The summed E-state index contributed by atoms with van der Waals surface area (Å²) < 4.78 is 3.01. The van der Waals surface area contributed by atoms with Crippen molar-refractivity contribution in [3.63, 3.8) is 0 Å². The zero-order valence-corrected chi connectivity index (χ0v) is 11.7. The number of benzene rings is 1. The zero-order chi connectivity index (χ0) is 12.4. The second-order valence-corrected chi connectivity index (χ2v) is 5.01. The Balaban J connectivity index is 2.52. The van der Waals surface area contributed by atoms with Crippen LogP contribution in [0.1, 0.15) is 11.3 Å². The molecule has 1 heterocycles. The first kappa shape index (κ1) is 12.3. The molecule has 0 aliphatic heterocycles. The summed E-state index contributed by atoms with van der Waals surface area (Å²) in [5, 5.41) is 4.53. The lowest BCUT2D eigenvalue weighted by molar-refractivity contribution is 0.745. The molecule has 2 aromatic rings. The molecule has 0 bridgehead atoms. The Morgan fingerprint density at radius 3 is 2.82 bits per heavy atom. The molecular formula is C13H16BrN3. The fraction of sp³-hybridized carbons (Fsp3) is 0.308. The van der Waals surface area contributed by atoms with Crippen LogP contribution < -0.4 is 5.73 Å². The van der Waals surface area contributed by atoms with E-state index in [1.807, 2.05) is 23.9 Å². The monoisotopic (exact) mass is 293 g/mol. The van der Waals surface area contributed by atoms with E-state index in [0.29, 0.717) is 6.54 Å². The second kappa shape index (κ2) is 5.02. The highest BCUT2D eigenvalue weighted by Crippen LogP contribution is 2.27. The van der Waals surface area contributed by atoms with Gasteiger partial charge in [-0.1, -0.05) is 28.1 Å². The van der Waals surface area contributed by atoms with Crippen molar-refractivity contribution >= 4 is 15.9 Å². The van der Waals surface area contributed by atoms with E-state index in [0.717, 1.165) is 22.3 Å². The Bertz CT molecular complexity index is 531. The molecule has 3 nitrogen and oxygen atoms in total. The lowest BCUT2D eigenvalue weighted by Crippen LogP contribution is -2.04. The predicted molar refractivity (Wildman–Crippen MR) is 73.8 cm³/mol. The highest BCUT2D eigenvalue weighted by atomic mass is 79.9. The van der Waals surface area contributed by atoms with Crippen LogP contribution in [0.3, 0.4) is 0 Å². The van der Waals surface area contributed by atoms with Gasteiger partial charge in [0, 0.05) is 23.5 Å². The molecule has 0 aliphatic carbocycles. The number of aromatic nitrogens is 2. The van der Waals surface area contributed by atoms with Crippen LogP contribution in [0, 0.1) is 6.92 Å². The van der Waals surface area contributed by atoms with Crippen LogP contribution in [-0.2, 0) is 13.5 Å². The van der Waals surface area contributed by atoms with Crippen LogP contribution in [0.5, 0.6) is 0 Å². The Morgan fingerprint density at radius 1 is 1.41 bits per heavy atom. The number of hydrogen-bond donors (Lipinski definition) is 1. The predicted octanol–water partition coefficient (Wildman–Crippen LogP) is 2.66. The number of nitrogens with two attached hydrogens (primary N) is 1. The Labute approximate surface area is 110 Å². The average molecular weight is 294 g/mol. The summed E-state index contributed by atoms with van der Waals surface area (Å²) >= 11 is 3.50. The fourth-order valence-corrected chi connectivity index (χ4v) is 2.50. The van der Waals surface area contributed by atoms with Crippen molar-refractivity contribution in [3.8, 4) is 11.3 Å². The van der Waals surface area contributed by atoms with Crippen molar-refractivity contribution in [1.29, 1.82) is 0 Å². The van der Waals surface area contributed by atoms with Gasteiger partial charge in [0.2, 0.25) is 0 Å². The molecule has 17 heavy (non-hydrogen) atoms. The number of nitrogens with zero attached hydrogens (tertiary/aromatic N) is 2. The molecule has 1 aromatic heterocycles. The largest absolute Gasteiger partial charge is 0.330 e. The summed E-state index contributed by atoms with van der Waals surface area (Å²) in [6, 6.07) is 8.27. The van der Waals surface area contributed by atoms with E-state index in [1.54, 1.807) is 0 Å². The number of halogens is 1. The normalized spacial score (nSPS) is 10.8. The van der Waals surface area contributed by atoms with Gasteiger partial charge in [-0.2, -0.15) is 5.10 Å². The van der Waals surface area contributed by atoms with E-state index < -0.39 is 0 Å².